The summed E-state index contributed by atoms with van der Waals surface area (Å²) >= 11 is 0. The highest BCUT2D eigenvalue weighted by Gasteiger charge is 2.22. The Bertz CT molecular complexity index is 1040. The van der Waals surface area contributed by atoms with E-state index in [9.17, 15) is 4.79 Å². The van der Waals surface area contributed by atoms with Crippen molar-refractivity contribution in [3.8, 4) is 11.3 Å². The van der Waals surface area contributed by atoms with Crippen molar-refractivity contribution in [2.45, 2.75) is 44.8 Å². The lowest BCUT2D eigenvalue weighted by Gasteiger charge is -2.27. The molecule has 4 rings (SSSR count). The molecule has 1 aromatic carbocycles. The van der Waals surface area contributed by atoms with Gasteiger partial charge in [0, 0.05) is 25.1 Å². The fraction of sp³-hybridized carbons (Fsp3) is 0.391. The second-order valence-electron chi connectivity index (χ2n) is 7.79. The van der Waals surface area contributed by atoms with Gasteiger partial charge in [0.25, 0.3) is 0 Å². The van der Waals surface area contributed by atoms with Crippen molar-refractivity contribution in [2.75, 3.05) is 19.5 Å². The Morgan fingerprint density at radius 1 is 1.10 bits per heavy atom. The molecular weight excluding hydrogens is 394 g/mol. The number of benzene rings is 1. The van der Waals surface area contributed by atoms with Crippen molar-refractivity contribution < 1.29 is 14.3 Å². The van der Waals surface area contributed by atoms with Crippen LogP contribution < -0.4 is 5.32 Å². The number of methoxy groups -OCH3 is 2. The van der Waals surface area contributed by atoms with E-state index in [2.05, 4.69) is 20.4 Å². The predicted octanol–water partition coefficient (Wildman–Crippen LogP) is 4.31. The van der Waals surface area contributed by atoms with E-state index in [1.807, 2.05) is 29.9 Å². The van der Waals surface area contributed by atoms with Gasteiger partial charge in [-0.1, -0.05) is 12.1 Å². The minimum atomic E-state index is -0.360. The highest BCUT2D eigenvalue weighted by molar-refractivity contribution is 5.89. The lowest BCUT2D eigenvalue weighted by molar-refractivity contribution is 0.0568. The number of aryl methyl sites for hydroxylation is 1. The van der Waals surface area contributed by atoms with Crippen LogP contribution in [-0.4, -0.2) is 46.0 Å². The van der Waals surface area contributed by atoms with Crippen LogP contribution in [0.3, 0.4) is 0 Å². The molecule has 0 unspecified atom stereocenters. The van der Waals surface area contributed by atoms with Gasteiger partial charge in [-0.15, -0.1) is 0 Å². The second-order valence-corrected chi connectivity index (χ2v) is 7.79. The topological polar surface area (TPSA) is 91.2 Å². The molecule has 8 heteroatoms. The first-order valence-electron chi connectivity index (χ1n) is 10.4. The van der Waals surface area contributed by atoms with Gasteiger partial charge in [-0.2, -0.15) is 5.10 Å². The molecule has 1 saturated carbocycles. The third-order valence-corrected chi connectivity index (χ3v) is 5.76. The predicted molar refractivity (Wildman–Crippen MR) is 117 cm³/mol. The normalized spacial score (nSPS) is 18.5. The molecule has 0 saturated heterocycles. The Labute approximate surface area is 181 Å². The van der Waals surface area contributed by atoms with Crippen molar-refractivity contribution in [1.29, 1.82) is 0 Å². The maximum absolute atomic E-state index is 11.7. The number of rotatable bonds is 6. The van der Waals surface area contributed by atoms with Gasteiger partial charge in [0.2, 0.25) is 5.95 Å². The molecule has 0 atom stereocenters. The maximum Gasteiger partial charge on any atom is 0.337 e. The van der Waals surface area contributed by atoms with Gasteiger partial charge in [-0.25, -0.2) is 14.8 Å². The molecule has 0 radical (unpaired) electrons. The summed E-state index contributed by atoms with van der Waals surface area (Å²) < 4.78 is 12.2. The molecule has 8 nitrogen and oxygen atoms in total. The SMILES string of the molecule is COC(=O)c1ccc(-c2nc(Nc3cnn(C4CCC(OC)CC4)c3)ncc2C)cc1. The number of anilines is 2. The van der Waals surface area contributed by atoms with Crippen LogP contribution >= 0.6 is 0 Å². The standard InChI is InChI=1S/C23H27N5O3/c1-15-12-24-23(27-21(15)16-4-6-17(7-5-16)22(29)31-3)26-18-13-25-28(14-18)19-8-10-20(30-2)11-9-19/h4-7,12-14,19-20H,8-11H2,1-3H3,(H,24,26,27). The lowest BCUT2D eigenvalue weighted by Crippen LogP contribution is -2.22. The Morgan fingerprint density at radius 2 is 1.84 bits per heavy atom. The molecule has 0 spiro atoms. The number of nitrogens with one attached hydrogen (secondary N) is 1. The Balaban J connectivity index is 1.48. The summed E-state index contributed by atoms with van der Waals surface area (Å²) in [4.78, 5) is 20.8. The summed E-state index contributed by atoms with van der Waals surface area (Å²) in [6, 6.07) is 7.58. The zero-order valence-corrected chi connectivity index (χ0v) is 18.0. The zero-order chi connectivity index (χ0) is 21.8. The number of ether oxygens (including phenoxy) is 2. The number of hydrogen-bond donors (Lipinski definition) is 1. The van der Waals surface area contributed by atoms with Crippen LogP contribution in [-0.2, 0) is 9.47 Å². The Kier molecular flexibility index (Phi) is 6.27. The van der Waals surface area contributed by atoms with Crippen LogP contribution in [0.2, 0.25) is 0 Å². The number of nitrogens with zero attached hydrogens (tertiary/aromatic N) is 4. The summed E-state index contributed by atoms with van der Waals surface area (Å²) in [7, 11) is 3.15. The quantitative estimate of drug-likeness (QED) is 0.593. The molecule has 1 N–H and O–H groups in total. The molecule has 0 amide bonds. The number of carbonyl (C=O) groups is 1. The molecule has 3 aromatic rings. The first-order chi connectivity index (χ1) is 15.1. The minimum absolute atomic E-state index is 0.360. The molecule has 1 aliphatic carbocycles. The van der Waals surface area contributed by atoms with Gasteiger partial charge >= 0.3 is 5.97 Å². The maximum atomic E-state index is 11.7. The van der Waals surface area contributed by atoms with Gasteiger partial charge in [-0.3, -0.25) is 4.68 Å². The van der Waals surface area contributed by atoms with Crippen LogP contribution in [0.15, 0.2) is 42.9 Å². The van der Waals surface area contributed by atoms with Crippen LogP contribution in [0.25, 0.3) is 11.3 Å². The first kappa shape index (κ1) is 21.0. The van der Waals surface area contributed by atoms with Crippen LogP contribution in [0, 0.1) is 6.92 Å². The van der Waals surface area contributed by atoms with Gasteiger partial charge in [0.15, 0.2) is 0 Å². The highest BCUT2D eigenvalue weighted by atomic mass is 16.5. The van der Waals surface area contributed by atoms with Gasteiger partial charge in [-0.05, 0) is 50.3 Å². The van der Waals surface area contributed by atoms with Gasteiger partial charge < -0.3 is 14.8 Å². The van der Waals surface area contributed by atoms with Crippen LogP contribution in [0.5, 0.6) is 0 Å². The van der Waals surface area contributed by atoms with Crippen LogP contribution in [0.4, 0.5) is 11.6 Å². The number of esters is 1. The van der Waals surface area contributed by atoms with Gasteiger partial charge in [0.1, 0.15) is 0 Å². The number of aromatic nitrogens is 4. The summed E-state index contributed by atoms with van der Waals surface area (Å²) in [5.74, 6) is 0.140. The van der Waals surface area contributed by atoms with E-state index in [1.165, 1.54) is 7.11 Å². The monoisotopic (exact) mass is 421 g/mol. The third-order valence-electron chi connectivity index (χ3n) is 5.76. The minimum Gasteiger partial charge on any atom is -0.465 e. The molecule has 162 valence electrons. The molecule has 0 bridgehead atoms. The van der Waals surface area contributed by atoms with Crippen molar-refractivity contribution in [3.05, 3.63) is 54.0 Å². The summed E-state index contributed by atoms with van der Waals surface area (Å²) in [5.41, 5.74) is 4.01. The van der Waals surface area contributed by atoms with Crippen molar-refractivity contribution in [1.82, 2.24) is 19.7 Å². The van der Waals surface area contributed by atoms with E-state index in [4.69, 9.17) is 9.47 Å². The molecule has 1 aliphatic rings. The van der Waals surface area contributed by atoms with Crippen molar-refractivity contribution >= 4 is 17.6 Å². The molecule has 2 heterocycles. The molecule has 1 fully saturated rings. The van der Waals surface area contributed by atoms with Gasteiger partial charge in [0.05, 0.1) is 42.4 Å². The second kappa shape index (κ2) is 9.26. The van der Waals surface area contributed by atoms with Crippen molar-refractivity contribution in [3.63, 3.8) is 0 Å². The molecule has 2 aromatic heterocycles. The first-order valence-corrected chi connectivity index (χ1v) is 10.4. The van der Waals surface area contributed by atoms with Crippen LogP contribution in [0.1, 0.15) is 47.6 Å². The lowest BCUT2D eigenvalue weighted by atomic mass is 9.93. The fourth-order valence-corrected chi connectivity index (χ4v) is 3.95. The van der Waals surface area contributed by atoms with E-state index in [1.54, 1.807) is 31.6 Å². The van der Waals surface area contributed by atoms with Crippen molar-refractivity contribution in [2.24, 2.45) is 0 Å². The third kappa shape index (κ3) is 4.74. The Hall–Kier alpha value is -3.26. The van der Waals surface area contributed by atoms with E-state index >= 15 is 0 Å². The molecule has 0 aliphatic heterocycles. The average molecular weight is 422 g/mol. The number of carbonyl (C=O) groups excluding carboxylic acids is 1. The molecular formula is C23H27N5O3. The van der Waals surface area contributed by atoms with E-state index in [0.717, 1.165) is 48.2 Å². The highest BCUT2D eigenvalue weighted by Crippen LogP contribution is 2.30. The average Bonchev–Trinajstić information content (AvgIpc) is 3.28. The fourth-order valence-electron chi connectivity index (χ4n) is 3.95. The summed E-state index contributed by atoms with van der Waals surface area (Å²) in [6.45, 7) is 1.96. The largest absolute Gasteiger partial charge is 0.465 e. The zero-order valence-electron chi connectivity index (χ0n) is 18.0. The number of hydrogen-bond acceptors (Lipinski definition) is 7. The summed E-state index contributed by atoms with van der Waals surface area (Å²) in [6.07, 6.45) is 10.2. The smallest absolute Gasteiger partial charge is 0.337 e. The molecule has 31 heavy (non-hydrogen) atoms. The summed E-state index contributed by atoms with van der Waals surface area (Å²) in [5, 5.41) is 7.79. The van der Waals surface area contributed by atoms with E-state index in [-0.39, 0.29) is 5.97 Å². The van der Waals surface area contributed by atoms with E-state index < -0.39 is 0 Å². The Morgan fingerprint density at radius 3 is 2.52 bits per heavy atom. The van der Waals surface area contributed by atoms with E-state index in [0.29, 0.717) is 23.7 Å².